The first-order valence-corrected chi connectivity index (χ1v) is 9.84. The minimum atomic E-state index is -0.529. The molecule has 27 heavy (non-hydrogen) atoms. The highest BCUT2D eigenvalue weighted by Gasteiger charge is 2.54. The summed E-state index contributed by atoms with van der Waals surface area (Å²) in [5.41, 5.74) is 2.67. The summed E-state index contributed by atoms with van der Waals surface area (Å²) >= 11 is 0. The summed E-state index contributed by atoms with van der Waals surface area (Å²) in [5, 5.41) is 0. The van der Waals surface area contributed by atoms with E-state index in [0.717, 1.165) is 32.1 Å². The lowest BCUT2D eigenvalue weighted by Gasteiger charge is -2.51. The van der Waals surface area contributed by atoms with E-state index in [2.05, 4.69) is 41.1 Å². The van der Waals surface area contributed by atoms with Crippen molar-refractivity contribution in [3.05, 3.63) is 65.2 Å². The van der Waals surface area contributed by atoms with Gasteiger partial charge in [0.25, 0.3) is 5.91 Å². The zero-order chi connectivity index (χ0) is 18.5. The van der Waals surface area contributed by atoms with E-state index < -0.39 is 5.82 Å². The summed E-state index contributed by atoms with van der Waals surface area (Å²) in [6, 6.07) is 10.7. The second kappa shape index (κ2) is 6.41. The molecule has 140 valence electrons. The number of amides is 1. The lowest BCUT2D eigenvalue weighted by atomic mass is 9.75. The molecule has 0 spiro atoms. The Hall–Kier alpha value is -2.27. The van der Waals surface area contributed by atoms with E-state index >= 15 is 0 Å². The number of benzene rings is 1. The van der Waals surface area contributed by atoms with Gasteiger partial charge in [-0.25, -0.2) is 4.39 Å². The van der Waals surface area contributed by atoms with Crippen molar-refractivity contribution < 1.29 is 9.18 Å². The highest BCUT2D eigenvalue weighted by Crippen LogP contribution is 2.47. The number of likely N-dealkylation sites (tertiary alicyclic amines) is 1. The zero-order valence-electron chi connectivity index (χ0n) is 15.5. The van der Waals surface area contributed by atoms with Gasteiger partial charge >= 0.3 is 0 Å². The molecule has 0 radical (unpaired) electrons. The van der Waals surface area contributed by atoms with Gasteiger partial charge in [-0.05, 0) is 50.4 Å². The molecule has 4 aliphatic rings. The van der Waals surface area contributed by atoms with Crippen LogP contribution in [0.4, 0.5) is 4.39 Å². The van der Waals surface area contributed by atoms with Gasteiger partial charge in [0.1, 0.15) is 0 Å². The van der Waals surface area contributed by atoms with E-state index in [0.29, 0.717) is 18.5 Å². The Morgan fingerprint density at radius 3 is 2.56 bits per heavy atom. The maximum Gasteiger partial charge on any atom is 0.257 e. The number of pyridine rings is 1. The molecule has 3 atom stereocenters. The van der Waals surface area contributed by atoms with Gasteiger partial charge in [-0.15, -0.1) is 0 Å². The molecule has 2 aromatic rings. The fourth-order valence-electron chi connectivity index (χ4n) is 5.46. The van der Waals surface area contributed by atoms with E-state index in [9.17, 15) is 9.18 Å². The van der Waals surface area contributed by atoms with Crippen LogP contribution in [0.25, 0.3) is 0 Å². The zero-order valence-corrected chi connectivity index (χ0v) is 15.5. The molecule has 1 amide bonds. The second-order valence-electron chi connectivity index (χ2n) is 8.18. The average Bonchev–Trinajstić information content (AvgIpc) is 3.12. The molecular weight excluding hydrogens is 341 g/mol. The molecule has 0 unspecified atom stereocenters. The van der Waals surface area contributed by atoms with Crippen molar-refractivity contribution >= 4 is 5.91 Å². The molecule has 5 heterocycles. The van der Waals surface area contributed by atoms with Crippen molar-refractivity contribution in [1.29, 1.82) is 0 Å². The Kier molecular flexibility index (Phi) is 4.01. The van der Waals surface area contributed by atoms with Crippen LogP contribution >= 0.6 is 0 Å². The van der Waals surface area contributed by atoms with Gasteiger partial charge in [0.2, 0.25) is 0 Å². The lowest BCUT2D eigenvalue weighted by molar-refractivity contribution is -0.00354. The maximum absolute atomic E-state index is 14.2. The van der Waals surface area contributed by atoms with Crippen LogP contribution in [0, 0.1) is 18.7 Å². The fourth-order valence-corrected chi connectivity index (χ4v) is 5.46. The average molecular weight is 365 g/mol. The SMILES string of the molecule is Cc1ccc([C@@H]2CN(C(=O)c3ccncc3F)[C@@H]3C4CCN(CC4)[C@@H]32)cc1. The molecule has 6 rings (SSSR count). The van der Waals surface area contributed by atoms with Crippen molar-refractivity contribution in [2.24, 2.45) is 5.92 Å². The highest BCUT2D eigenvalue weighted by atomic mass is 19.1. The van der Waals surface area contributed by atoms with Crippen LogP contribution in [0.1, 0.15) is 40.2 Å². The van der Waals surface area contributed by atoms with Crippen LogP contribution in [0.5, 0.6) is 0 Å². The summed E-state index contributed by atoms with van der Waals surface area (Å²) in [4.78, 5) is 21.6. The molecule has 4 aliphatic heterocycles. The molecule has 4 fully saturated rings. The third kappa shape index (κ3) is 2.67. The number of fused-ring (bicyclic) bond motifs is 2. The topological polar surface area (TPSA) is 36.4 Å². The number of aromatic nitrogens is 1. The largest absolute Gasteiger partial charge is 0.333 e. The van der Waals surface area contributed by atoms with Gasteiger partial charge in [-0.1, -0.05) is 29.8 Å². The summed E-state index contributed by atoms with van der Waals surface area (Å²) < 4.78 is 14.2. The molecule has 0 aliphatic carbocycles. The molecule has 2 bridgehead atoms. The standard InChI is InChI=1S/C22H24FN3O/c1-14-2-4-15(5-3-14)18-13-26(22(27)17-6-9-24-12-19(17)23)20-16-7-10-25(11-8-16)21(18)20/h2-6,9,12,16,18,20-21H,7-8,10-11,13H2,1H3/t18-,20+,21+/m0/s1. The van der Waals surface area contributed by atoms with Crippen LogP contribution in [0.2, 0.25) is 0 Å². The van der Waals surface area contributed by atoms with Gasteiger partial charge in [0, 0.05) is 24.7 Å². The minimum absolute atomic E-state index is 0.143. The predicted molar refractivity (Wildman–Crippen MR) is 101 cm³/mol. The number of hydrogen-bond acceptors (Lipinski definition) is 3. The molecule has 0 saturated carbocycles. The third-order valence-electron chi connectivity index (χ3n) is 6.76. The third-order valence-corrected chi connectivity index (χ3v) is 6.76. The molecule has 1 aromatic carbocycles. The summed E-state index contributed by atoms with van der Waals surface area (Å²) in [7, 11) is 0. The normalized spacial score (nSPS) is 31.8. The van der Waals surface area contributed by atoms with Gasteiger partial charge in [0.15, 0.2) is 5.82 Å². The molecule has 1 aromatic heterocycles. The van der Waals surface area contributed by atoms with Gasteiger partial charge in [0.05, 0.1) is 17.8 Å². The van der Waals surface area contributed by atoms with Crippen molar-refractivity contribution in [2.45, 2.75) is 37.8 Å². The molecule has 4 saturated heterocycles. The fraction of sp³-hybridized carbons (Fsp3) is 0.455. The van der Waals surface area contributed by atoms with Crippen LogP contribution in [-0.4, -0.2) is 52.4 Å². The Morgan fingerprint density at radius 2 is 1.85 bits per heavy atom. The van der Waals surface area contributed by atoms with E-state index in [4.69, 9.17) is 0 Å². The first-order valence-electron chi connectivity index (χ1n) is 9.84. The Bertz CT molecular complexity index is 860. The van der Waals surface area contributed by atoms with Crippen LogP contribution < -0.4 is 0 Å². The molecule has 4 nitrogen and oxygen atoms in total. The van der Waals surface area contributed by atoms with Crippen molar-refractivity contribution in [3.63, 3.8) is 0 Å². The lowest BCUT2D eigenvalue weighted by Crippen LogP contribution is -2.60. The summed E-state index contributed by atoms with van der Waals surface area (Å²) in [6.07, 6.45) is 4.89. The Balaban J connectivity index is 1.53. The van der Waals surface area contributed by atoms with Crippen LogP contribution in [0.15, 0.2) is 42.7 Å². The second-order valence-corrected chi connectivity index (χ2v) is 8.18. The first-order chi connectivity index (χ1) is 13.1. The van der Waals surface area contributed by atoms with Crippen molar-refractivity contribution in [1.82, 2.24) is 14.8 Å². The van der Waals surface area contributed by atoms with Gasteiger partial charge in [-0.2, -0.15) is 0 Å². The number of rotatable bonds is 2. The molecule has 5 heteroatoms. The molecular formula is C22H24FN3O. The number of carbonyl (C=O) groups excluding carboxylic acids is 1. The van der Waals surface area contributed by atoms with Crippen LogP contribution in [-0.2, 0) is 0 Å². The number of halogens is 1. The quantitative estimate of drug-likeness (QED) is 0.820. The number of nitrogens with zero attached hydrogens (tertiary/aromatic N) is 3. The van der Waals surface area contributed by atoms with Crippen molar-refractivity contribution in [2.75, 3.05) is 19.6 Å². The predicted octanol–water partition coefficient (Wildman–Crippen LogP) is 3.23. The Labute approximate surface area is 159 Å². The first kappa shape index (κ1) is 16.9. The molecule has 0 N–H and O–H groups in total. The van der Waals surface area contributed by atoms with Crippen molar-refractivity contribution in [3.8, 4) is 0 Å². The van der Waals surface area contributed by atoms with Gasteiger partial charge in [-0.3, -0.25) is 14.7 Å². The van der Waals surface area contributed by atoms with E-state index in [1.165, 1.54) is 23.4 Å². The minimum Gasteiger partial charge on any atom is -0.333 e. The van der Waals surface area contributed by atoms with E-state index in [-0.39, 0.29) is 23.4 Å². The van der Waals surface area contributed by atoms with E-state index in [1.807, 2.05) is 4.90 Å². The monoisotopic (exact) mass is 365 g/mol. The Morgan fingerprint density at radius 1 is 1.11 bits per heavy atom. The number of hydrogen-bond donors (Lipinski definition) is 0. The summed E-state index contributed by atoms with van der Waals surface area (Å²) in [5.74, 6) is 0.0872. The number of piperidine rings is 3. The van der Waals surface area contributed by atoms with Gasteiger partial charge < -0.3 is 4.90 Å². The van der Waals surface area contributed by atoms with E-state index in [1.54, 1.807) is 0 Å². The number of aryl methyl sites for hydroxylation is 1. The highest BCUT2D eigenvalue weighted by molar-refractivity contribution is 5.95. The van der Waals surface area contributed by atoms with Crippen LogP contribution in [0.3, 0.4) is 0 Å². The number of carbonyl (C=O) groups is 1. The maximum atomic E-state index is 14.2. The summed E-state index contributed by atoms with van der Waals surface area (Å²) in [6.45, 7) is 4.97. The smallest absolute Gasteiger partial charge is 0.257 e.